The monoisotopic (exact) mass is 612 g/mol. The summed E-state index contributed by atoms with van der Waals surface area (Å²) in [7, 11) is 0. The molecule has 16 nitrogen and oxygen atoms in total. The summed E-state index contributed by atoms with van der Waals surface area (Å²) in [5, 5.41) is 113. The largest absolute Gasteiger partial charge is 0.394 e. The highest BCUT2D eigenvalue weighted by atomic mass is 16.7. The lowest BCUT2D eigenvalue weighted by Crippen LogP contribution is -2.64. The quantitative estimate of drug-likeness (QED) is 0.133. The minimum absolute atomic E-state index is 0.0569. The van der Waals surface area contributed by atoms with Crippen LogP contribution in [0.25, 0.3) is 0 Å². The van der Waals surface area contributed by atoms with Crippen LogP contribution in [0.1, 0.15) is 32.1 Å². The second-order valence-electron chi connectivity index (χ2n) is 12.3. The first-order valence-corrected chi connectivity index (χ1v) is 14.5. The zero-order valence-corrected chi connectivity index (χ0v) is 22.9. The maximum absolute atomic E-state index is 11.0. The van der Waals surface area contributed by atoms with E-state index >= 15 is 0 Å². The second-order valence-corrected chi connectivity index (χ2v) is 12.3. The van der Waals surface area contributed by atoms with Gasteiger partial charge in [0, 0.05) is 5.92 Å². The van der Waals surface area contributed by atoms with Crippen LogP contribution < -0.4 is 0 Å². The molecule has 3 heterocycles. The molecule has 244 valence electrons. The Bertz CT molecular complexity index is 869. The summed E-state index contributed by atoms with van der Waals surface area (Å²) in [4.78, 5) is 0. The first-order chi connectivity index (χ1) is 19.9. The molecule has 0 radical (unpaired) electrons. The molecule has 3 aliphatic heterocycles. The molecule has 3 saturated heterocycles. The number of hydrogen-bond donors (Lipinski definition) is 11. The van der Waals surface area contributed by atoms with Gasteiger partial charge in [-0.25, -0.2) is 0 Å². The van der Waals surface area contributed by atoms with Gasteiger partial charge in [0.15, 0.2) is 12.6 Å². The van der Waals surface area contributed by atoms with E-state index in [2.05, 4.69) is 0 Å². The molecule has 17 atom stereocenters. The van der Waals surface area contributed by atoms with Crippen LogP contribution in [-0.4, -0.2) is 174 Å². The van der Waals surface area contributed by atoms with E-state index in [4.69, 9.17) is 23.7 Å². The number of fused-ring (bicyclic) bond motifs is 1. The third-order valence-electron chi connectivity index (χ3n) is 9.41. The summed E-state index contributed by atoms with van der Waals surface area (Å²) in [5.74, 6) is -0.983. The summed E-state index contributed by atoms with van der Waals surface area (Å²) in [6.45, 7) is -1.09. The standard InChI is InChI=1S/C26H44O16/c27-6-17-24(42-25-21(36)19(34)14(32)7-38-25)20(35)22(37)26(41-17)40-16-5-10-11(29)3-9(28)4-15(10)39-23(16)8-1-12(30)18(33)13(31)2-8/h8-37H,1-7H2/t8?,9?,10?,11?,12?,13?,14-,15?,16?,17-,18?,19+,20-,21-,22-,23?,24+,25+,26-/m1/s1. The molecule has 0 bridgehead atoms. The number of aliphatic hydroxyl groups excluding tert-OH is 11. The lowest BCUT2D eigenvalue weighted by molar-refractivity contribution is -0.362. The number of ether oxygens (including phenoxy) is 5. The van der Waals surface area contributed by atoms with Crippen LogP contribution >= 0.6 is 0 Å². The van der Waals surface area contributed by atoms with Gasteiger partial charge >= 0.3 is 0 Å². The molecule has 5 rings (SSSR count). The van der Waals surface area contributed by atoms with Crippen LogP contribution in [0.5, 0.6) is 0 Å². The molecule has 2 saturated carbocycles. The van der Waals surface area contributed by atoms with Gasteiger partial charge in [0.25, 0.3) is 0 Å². The molecule has 0 aromatic heterocycles. The van der Waals surface area contributed by atoms with Gasteiger partial charge in [0.2, 0.25) is 0 Å². The van der Waals surface area contributed by atoms with Gasteiger partial charge in [0.1, 0.15) is 48.8 Å². The van der Waals surface area contributed by atoms with Crippen molar-refractivity contribution in [3.8, 4) is 0 Å². The third-order valence-corrected chi connectivity index (χ3v) is 9.41. The molecule has 11 N–H and O–H groups in total. The summed E-state index contributed by atoms with van der Waals surface area (Å²) in [6, 6.07) is 0. The fraction of sp³-hybridized carbons (Fsp3) is 1.00. The Hall–Kier alpha value is -0.640. The smallest absolute Gasteiger partial charge is 0.187 e. The molecule has 42 heavy (non-hydrogen) atoms. The van der Waals surface area contributed by atoms with Crippen LogP contribution in [0.3, 0.4) is 0 Å². The molecular formula is C26H44O16. The highest BCUT2D eigenvalue weighted by molar-refractivity contribution is 5.00. The van der Waals surface area contributed by atoms with E-state index in [0.717, 1.165) is 0 Å². The normalized spacial score (nSPS) is 55.6. The minimum atomic E-state index is -1.75. The Labute approximate surface area is 241 Å². The molecule has 5 fully saturated rings. The van der Waals surface area contributed by atoms with E-state index in [1.54, 1.807) is 0 Å². The van der Waals surface area contributed by atoms with Crippen molar-refractivity contribution in [3.63, 3.8) is 0 Å². The van der Waals surface area contributed by atoms with Crippen molar-refractivity contribution in [1.29, 1.82) is 0 Å². The Kier molecular flexibility index (Phi) is 10.4. The van der Waals surface area contributed by atoms with Crippen molar-refractivity contribution >= 4 is 0 Å². The predicted octanol–water partition coefficient (Wildman–Crippen LogP) is -5.58. The maximum Gasteiger partial charge on any atom is 0.187 e. The van der Waals surface area contributed by atoms with Gasteiger partial charge in [0.05, 0.1) is 55.9 Å². The summed E-state index contributed by atoms with van der Waals surface area (Å²) < 4.78 is 29.0. The fourth-order valence-corrected chi connectivity index (χ4v) is 7.02. The van der Waals surface area contributed by atoms with Crippen molar-refractivity contribution in [2.24, 2.45) is 11.8 Å². The van der Waals surface area contributed by atoms with Gasteiger partial charge in [-0.15, -0.1) is 0 Å². The first-order valence-electron chi connectivity index (χ1n) is 14.5. The Morgan fingerprint density at radius 1 is 0.595 bits per heavy atom. The van der Waals surface area contributed by atoms with Crippen LogP contribution in [0.4, 0.5) is 0 Å². The SMILES string of the molecule is OC[C@H]1O[C@@H](OC2CC3C(O)CC(O)CC3OC2C2CC(O)C(O)C(O)C2)[C@H](O)[C@@H](O)[C@H]1O[C@@H]1OC[C@@H](O)[C@H](O)[C@H]1O. The molecule has 16 heteroatoms. The number of aliphatic hydroxyl groups is 11. The zero-order valence-electron chi connectivity index (χ0n) is 22.9. The van der Waals surface area contributed by atoms with Gasteiger partial charge in [-0.3, -0.25) is 0 Å². The van der Waals surface area contributed by atoms with Crippen molar-refractivity contribution in [2.75, 3.05) is 13.2 Å². The van der Waals surface area contributed by atoms with E-state index in [9.17, 15) is 56.2 Å². The first kappa shape index (κ1) is 32.7. The van der Waals surface area contributed by atoms with Gasteiger partial charge in [-0.05, 0) is 38.0 Å². The zero-order chi connectivity index (χ0) is 30.5. The summed E-state index contributed by atoms with van der Waals surface area (Å²) >= 11 is 0. The van der Waals surface area contributed by atoms with Crippen LogP contribution in [0, 0.1) is 11.8 Å². The van der Waals surface area contributed by atoms with Gasteiger partial charge in [-0.2, -0.15) is 0 Å². The van der Waals surface area contributed by atoms with Crippen molar-refractivity contribution < 1.29 is 79.9 Å². The van der Waals surface area contributed by atoms with E-state index < -0.39 is 123 Å². The van der Waals surface area contributed by atoms with E-state index in [1.165, 1.54) is 0 Å². The summed E-state index contributed by atoms with van der Waals surface area (Å²) in [5.41, 5.74) is 0. The van der Waals surface area contributed by atoms with E-state index in [-0.39, 0.29) is 38.7 Å². The van der Waals surface area contributed by atoms with Crippen molar-refractivity contribution in [2.45, 2.75) is 136 Å². The topological polar surface area (TPSA) is 269 Å². The van der Waals surface area contributed by atoms with Gasteiger partial charge in [-0.1, -0.05) is 0 Å². The average molecular weight is 613 g/mol. The molecule has 0 spiro atoms. The highest BCUT2D eigenvalue weighted by Gasteiger charge is 2.54. The van der Waals surface area contributed by atoms with E-state index in [1.807, 2.05) is 0 Å². The Morgan fingerprint density at radius 3 is 1.93 bits per heavy atom. The lowest BCUT2D eigenvalue weighted by atomic mass is 9.72. The Balaban J connectivity index is 1.32. The van der Waals surface area contributed by atoms with Crippen molar-refractivity contribution in [1.82, 2.24) is 0 Å². The third kappa shape index (κ3) is 6.50. The highest BCUT2D eigenvalue weighted by Crippen LogP contribution is 2.43. The average Bonchev–Trinajstić information content (AvgIpc) is 2.95. The van der Waals surface area contributed by atoms with Crippen LogP contribution in [0.15, 0.2) is 0 Å². The molecule has 2 aliphatic carbocycles. The number of rotatable bonds is 6. The van der Waals surface area contributed by atoms with Crippen molar-refractivity contribution in [3.05, 3.63) is 0 Å². The maximum atomic E-state index is 11.0. The minimum Gasteiger partial charge on any atom is -0.394 e. The molecule has 5 aliphatic rings. The van der Waals surface area contributed by atoms with E-state index in [0.29, 0.717) is 0 Å². The summed E-state index contributed by atoms with van der Waals surface area (Å²) in [6.07, 6.45) is -21.1. The molecule has 0 aromatic carbocycles. The fourth-order valence-electron chi connectivity index (χ4n) is 7.02. The molecule has 8 unspecified atom stereocenters. The number of hydrogen-bond acceptors (Lipinski definition) is 16. The Morgan fingerprint density at radius 2 is 1.26 bits per heavy atom. The molecular weight excluding hydrogens is 568 g/mol. The van der Waals surface area contributed by atoms with Crippen LogP contribution in [0.2, 0.25) is 0 Å². The van der Waals surface area contributed by atoms with Gasteiger partial charge < -0.3 is 79.9 Å². The second kappa shape index (κ2) is 13.4. The predicted molar refractivity (Wildman–Crippen MR) is 134 cm³/mol. The molecule has 0 aromatic rings. The molecule has 0 amide bonds. The van der Waals surface area contributed by atoms with Crippen LogP contribution in [-0.2, 0) is 23.7 Å². The lowest BCUT2D eigenvalue weighted by Gasteiger charge is -2.51.